The molecule has 0 bridgehead atoms. The fourth-order valence-electron chi connectivity index (χ4n) is 4.97. The largest absolute Gasteiger partial charge is 0.303 e. The zero-order valence-electron chi connectivity index (χ0n) is 18.2. The quantitative estimate of drug-likeness (QED) is 0.243. The van der Waals surface area contributed by atoms with E-state index < -0.39 is 7.92 Å². The van der Waals surface area contributed by atoms with Gasteiger partial charge in [0, 0.05) is 37.2 Å². The molecule has 0 saturated heterocycles. The van der Waals surface area contributed by atoms with Crippen LogP contribution in [0.15, 0.2) is 109 Å². The van der Waals surface area contributed by atoms with E-state index >= 15 is 0 Å². The van der Waals surface area contributed by atoms with E-state index in [1.165, 1.54) is 21.7 Å². The van der Waals surface area contributed by atoms with Gasteiger partial charge in [0.05, 0.1) is 0 Å². The Morgan fingerprint density at radius 2 is 1.31 bits per heavy atom. The van der Waals surface area contributed by atoms with Crippen LogP contribution in [-0.4, -0.2) is 11.7 Å². The van der Waals surface area contributed by atoms with Crippen LogP contribution in [0, 0.1) is 0 Å². The van der Waals surface area contributed by atoms with Crippen LogP contribution in [0.1, 0.15) is 36.4 Å². The third-order valence-corrected chi connectivity index (χ3v) is 9.28. The molecule has 165 valence electrons. The SMILES string of the molecule is C1=C\CC(N[C@@H]2c3ccccc3C[C@H]2P(c2ccccc2)c2ccccc2)/C=C\CC/1.[Rh]. The third-order valence-electron chi connectivity index (χ3n) is 6.42. The van der Waals surface area contributed by atoms with Gasteiger partial charge in [0.25, 0.3) is 0 Å². The summed E-state index contributed by atoms with van der Waals surface area (Å²) in [6.07, 6.45) is 13.9. The second-order valence-electron chi connectivity index (χ2n) is 8.47. The van der Waals surface area contributed by atoms with Crippen molar-refractivity contribution in [3.05, 3.63) is 120 Å². The third kappa shape index (κ3) is 5.20. The Bertz CT molecular complexity index is 1010. The van der Waals surface area contributed by atoms with Gasteiger partial charge < -0.3 is 5.32 Å². The van der Waals surface area contributed by atoms with Crippen molar-refractivity contribution >= 4 is 18.5 Å². The molecular formula is C29H30NPRh. The van der Waals surface area contributed by atoms with Crippen LogP contribution in [-0.2, 0) is 25.9 Å². The van der Waals surface area contributed by atoms with E-state index in [0.29, 0.717) is 17.7 Å². The molecule has 3 heteroatoms. The molecule has 1 nitrogen and oxygen atoms in total. The Kier molecular flexibility index (Phi) is 8.26. The van der Waals surface area contributed by atoms with Crippen LogP contribution >= 0.6 is 7.92 Å². The summed E-state index contributed by atoms with van der Waals surface area (Å²) in [5.41, 5.74) is 3.54. The molecule has 0 spiro atoms. The molecule has 0 heterocycles. The molecular weight excluding hydrogens is 496 g/mol. The number of hydrogen-bond donors (Lipinski definition) is 1. The van der Waals surface area contributed by atoms with E-state index in [0.717, 1.165) is 25.7 Å². The molecule has 0 fully saturated rings. The van der Waals surface area contributed by atoms with Gasteiger partial charge in [-0.2, -0.15) is 0 Å². The van der Waals surface area contributed by atoms with Crippen LogP contribution < -0.4 is 15.9 Å². The summed E-state index contributed by atoms with van der Waals surface area (Å²) in [5, 5.41) is 7.04. The molecule has 3 aromatic carbocycles. The minimum absolute atomic E-state index is 0. The van der Waals surface area contributed by atoms with E-state index in [1.807, 2.05) is 0 Å². The molecule has 3 aromatic rings. The number of nitrogens with one attached hydrogen (secondary N) is 1. The predicted octanol–water partition coefficient (Wildman–Crippen LogP) is 6.04. The van der Waals surface area contributed by atoms with E-state index in [-0.39, 0.29) is 19.5 Å². The molecule has 32 heavy (non-hydrogen) atoms. The second-order valence-corrected chi connectivity index (χ2v) is 10.9. The minimum atomic E-state index is -0.481. The van der Waals surface area contributed by atoms with Crippen LogP contribution in [0.25, 0.3) is 0 Å². The van der Waals surface area contributed by atoms with E-state index in [2.05, 4.69) is 115 Å². The van der Waals surface area contributed by atoms with Crippen molar-refractivity contribution in [3.63, 3.8) is 0 Å². The first kappa shape index (κ1) is 23.3. The zero-order chi connectivity index (χ0) is 20.9. The molecule has 3 atom stereocenters. The molecule has 5 rings (SSSR count). The molecule has 2 aliphatic rings. The maximum absolute atomic E-state index is 4.09. The van der Waals surface area contributed by atoms with Crippen molar-refractivity contribution in [2.75, 3.05) is 0 Å². The number of rotatable bonds is 5. The standard InChI is InChI=1S/C29H30NP.Rh/c1-2-6-15-24(16-7-3-1)30-29-27-21-13-12-14-23(27)22-28(29)31(25-17-8-4-9-18-25)26-19-10-5-11-20-26;/h2,4-14,16-21,24,28-30H,1,3,15,22H2;/b6-2-,16-7-;/t24?,28-,29-;/m1./s1. The van der Waals surface area contributed by atoms with Gasteiger partial charge in [0.1, 0.15) is 0 Å². The number of fused-ring (bicyclic) bond motifs is 1. The van der Waals surface area contributed by atoms with Gasteiger partial charge in [0.2, 0.25) is 0 Å². The van der Waals surface area contributed by atoms with Gasteiger partial charge in [0.15, 0.2) is 0 Å². The van der Waals surface area contributed by atoms with Crippen LogP contribution in [0.2, 0.25) is 0 Å². The number of benzene rings is 3. The van der Waals surface area contributed by atoms with E-state index in [9.17, 15) is 0 Å². The molecule has 1 unspecified atom stereocenters. The normalized spacial score (nSPS) is 24.1. The van der Waals surface area contributed by atoms with Crippen molar-refractivity contribution in [1.82, 2.24) is 5.32 Å². The Hall–Kier alpha value is -1.85. The van der Waals surface area contributed by atoms with Gasteiger partial charge in [-0.25, -0.2) is 0 Å². The Balaban J connectivity index is 0.00000245. The maximum Gasteiger partial charge on any atom is 0.0405 e. The molecule has 1 N–H and O–H groups in total. The maximum atomic E-state index is 4.09. The van der Waals surface area contributed by atoms with Crippen LogP contribution in [0.5, 0.6) is 0 Å². The smallest absolute Gasteiger partial charge is 0.0405 e. The van der Waals surface area contributed by atoms with Crippen molar-refractivity contribution in [1.29, 1.82) is 0 Å². The molecule has 0 saturated carbocycles. The first-order chi connectivity index (χ1) is 15.4. The van der Waals surface area contributed by atoms with Crippen molar-refractivity contribution < 1.29 is 19.5 Å². The summed E-state index contributed by atoms with van der Waals surface area (Å²) in [6.45, 7) is 0. The Labute approximate surface area is 206 Å². The zero-order valence-corrected chi connectivity index (χ0v) is 20.8. The Morgan fingerprint density at radius 3 is 2.03 bits per heavy atom. The summed E-state index contributed by atoms with van der Waals surface area (Å²) >= 11 is 0. The van der Waals surface area contributed by atoms with Gasteiger partial charge in [-0.3, -0.25) is 0 Å². The van der Waals surface area contributed by atoms with Crippen LogP contribution in [0.4, 0.5) is 0 Å². The van der Waals surface area contributed by atoms with Crippen LogP contribution in [0.3, 0.4) is 0 Å². The van der Waals surface area contributed by atoms with E-state index in [4.69, 9.17) is 0 Å². The number of hydrogen-bond acceptors (Lipinski definition) is 1. The molecule has 1 radical (unpaired) electrons. The summed E-state index contributed by atoms with van der Waals surface area (Å²) in [6, 6.07) is 32.2. The van der Waals surface area contributed by atoms with Gasteiger partial charge in [-0.05, 0) is 55.3 Å². The number of allylic oxidation sites excluding steroid dienone is 2. The fraction of sp³-hybridized carbons (Fsp3) is 0.241. The molecule has 2 aliphatic carbocycles. The topological polar surface area (TPSA) is 12.0 Å². The summed E-state index contributed by atoms with van der Waals surface area (Å²) < 4.78 is 0. The van der Waals surface area contributed by atoms with Crippen molar-refractivity contribution in [2.24, 2.45) is 0 Å². The van der Waals surface area contributed by atoms with Gasteiger partial charge in [-0.15, -0.1) is 0 Å². The molecule has 0 aromatic heterocycles. The van der Waals surface area contributed by atoms with Gasteiger partial charge >= 0.3 is 0 Å². The summed E-state index contributed by atoms with van der Waals surface area (Å²) in [7, 11) is -0.481. The summed E-state index contributed by atoms with van der Waals surface area (Å²) in [4.78, 5) is 0. The first-order valence-corrected chi connectivity index (χ1v) is 12.9. The van der Waals surface area contributed by atoms with Crippen molar-refractivity contribution in [2.45, 2.75) is 43.4 Å². The fourth-order valence-corrected chi connectivity index (χ4v) is 7.95. The van der Waals surface area contributed by atoms with E-state index in [1.54, 1.807) is 0 Å². The second kappa shape index (κ2) is 11.3. The van der Waals surface area contributed by atoms with Gasteiger partial charge in [-0.1, -0.05) is 109 Å². The summed E-state index contributed by atoms with van der Waals surface area (Å²) in [5.74, 6) is 0. The molecule has 0 amide bonds. The predicted molar refractivity (Wildman–Crippen MR) is 135 cm³/mol. The minimum Gasteiger partial charge on any atom is -0.303 e. The average Bonchev–Trinajstić information content (AvgIpc) is 3.15. The monoisotopic (exact) mass is 526 g/mol. The Morgan fingerprint density at radius 1 is 0.688 bits per heavy atom. The average molecular weight is 526 g/mol. The first-order valence-electron chi connectivity index (χ1n) is 11.4. The van der Waals surface area contributed by atoms with Crippen molar-refractivity contribution in [3.8, 4) is 0 Å². The molecule has 0 aliphatic heterocycles.